The lowest BCUT2D eigenvalue weighted by Gasteiger charge is -2.10. The summed E-state index contributed by atoms with van der Waals surface area (Å²) in [4.78, 5) is 49.1. The lowest BCUT2D eigenvalue weighted by atomic mass is 10.1. The molecule has 1 heterocycles. The number of esters is 1. The largest absolute Gasteiger partial charge is 0.456 e. The molecule has 7 nitrogen and oxygen atoms in total. The summed E-state index contributed by atoms with van der Waals surface area (Å²) in [5.41, 5.74) is 2.77. The number of nitrogens with zero attached hydrogens (tertiary/aromatic N) is 1. The van der Waals surface area contributed by atoms with E-state index in [1.165, 1.54) is 0 Å². The fourth-order valence-electron chi connectivity index (χ4n) is 2.94. The smallest absolute Gasteiger partial charge is 0.325 e. The first-order chi connectivity index (χ1) is 13.4. The second kappa shape index (κ2) is 8.47. The minimum atomic E-state index is -0.689. The van der Waals surface area contributed by atoms with Crippen LogP contribution in [-0.2, 0) is 32.0 Å². The molecule has 1 aliphatic heterocycles. The van der Waals surface area contributed by atoms with Gasteiger partial charge in [-0.1, -0.05) is 30.3 Å². The van der Waals surface area contributed by atoms with Crippen LogP contribution in [0.2, 0.25) is 0 Å². The van der Waals surface area contributed by atoms with E-state index >= 15 is 0 Å². The van der Waals surface area contributed by atoms with Crippen LogP contribution in [0.1, 0.15) is 21.5 Å². The van der Waals surface area contributed by atoms with Gasteiger partial charge in [0, 0.05) is 18.3 Å². The van der Waals surface area contributed by atoms with Crippen molar-refractivity contribution in [1.29, 1.82) is 0 Å². The number of fused-ring (bicyclic) bond motifs is 1. The molecule has 0 radical (unpaired) electrons. The van der Waals surface area contributed by atoms with E-state index in [9.17, 15) is 19.2 Å². The fourth-order valence-corrected chi connectivity index (χ4v) is 2.94. The van der Waals surface area contributed by atoms with E-state index in [1.807, 2.05) is 30.3 Å². The number of carbonyl (C=O) groups is 4. The predicted octanol–water partition coefficient (Wildman–Crippen LogP) is 1.29. The van der Waals surface area contributed by atoms with Crippen molar-refractivity contribution < 1.29 is 23.9 Å². The molecule has 2 amide bonds. The molecule has 2 aromatic carbocycles. The highest BCUT2D eigenvalue weighted by atomic mass is 16.5. The zero-order chi connectivity index (χ0) is 20.1. The molecule has 1 aliphatic rings. The minimum absolute atomic E-state index is 0.0303. The van der Waals surface area contributed by atoms with E-state index in [-0.39, 0.29) is 37.0 Å². The lowest BCUT2D eigenvalue weighted by molar-refractivity contribution is -0.142. The number of benzene rings is 2. The van der Waals surface area contributed by atoms with Crippen molar-refractivity contribution in [2.75, 3.05) is 25.1 Å². The summed E-state index contributed by atoms with van der Waals surface area (Å²) in [5.74, 6) is -1.39. The molecule has 1 N–H and O–H groups in total. The van der Waals surface area contributed by atoms with Crippen LogP contribution in [0.5, 0.6) is 0 Å². The Morgan fingerprint density at radius 2 is 1.86 bits per heavy atom. The molecular weight excluding hydrogens is 360 g/mol. The highest BCUT2D eigenvalue weighted by Crippen LogP contribution is 2.28. The molecule has 0 spiro atoms. The third-order valence-electron chi connectivity index (χ3n) is 4.48. The van der Waals surface area contributed by atoms with Crippen LogP contribution in [0.15, 0.2) is 48.5 Å². The van der Waals surface area contributed by atoms with Crippen LogP contribution < -0.4 is 10.2 Å². The maximum atomic E-state index is 12.2. The number of anilines is 1. The molecule has 0 saturated carbocycles. The normalized spacial score (nSPS) is 12.5. The number of likely N-dealkylation sites (N-methyl/N-ethyl adjacent to an activating group) is 1. The summed E-state index contributed by atoms with van der Waals surface area (Å²) in [5, 5.41) is 2.47. The van der Waals surface area contributed by atoms with Crippen molar-refractivity contribution in [1.82, 2.24) is 5.32 Å². The minimum Gasteiger partial charge on any atom is -0.456 e. The number of rotatable bonds is 7. The van der Waals surface area contributed by atoms with Gasteiger partial charge in [-0.15, -0.1) is 0 Å². The van der Waals surface area contributed by atoms with Crippen LogP contribution >= 0.6 is 0 Å². The van der Waals surface area contributed by atoms with Crippen molar-refractivity contribution >= 4 is 29.3 Å². The molecule has 0 aromatic heterocycles. The van der Waals surface area contributed by atoms with E-state index in [0.717, 1.165) is 16.8 Å². The van der Waals surface area contributed by atoms with Crippen LogP contribution in [0.25, 0.3) is 0 Å². The number of Topliss-reactive ketones (excluding diaryl/α,β-unsaturated/α-hetero) is 1. The summed E-state index contributed by atoms with van der Waals surface area (Å²) in [7, 11) is 1.68. The lowest BCUT2D eigenvalue weighted by Crippen LogP contribution is -2.32. The Morgan fingerprint density at radius 3 is 2.61 bits per heavy atom. The molecule has 144 valence electrons. The van der Waals surface area contributed by atoms with Gasteiger partial charge in [0.25, 0.3) is 0 Å². The quantitative estimate of drug-likeness (QED) is 0.577. The number of hydrogen-bond acceptors (Lipinski definition) is 5. The average molecular weight is 380 g/mol. The van der Waals surface area contributed by atoms with Gasteiger partial charge in [-0.2, -0.15) is 0 Å². The fraction of sp³-hybridized carbons (Fsp3) is 0.238. The standard InChI is InChI=1S/C21H20N2O5/c1-23-17-8-7-15(10-16(17)11-20(23)26)18(24)13-28-21(27)12-22-19(25)9-14-5-3-2-4-6-14/h2-8,10H,9,11-13H2,1H3,(H,22,25). The Kier molecular flexibility index (Phi) is 5.84. The van der Waals surface area contributed by atoms with Gasteiger partial charge in [-0.25, -0.2) is 0 Å². The maximum Gasteiger partial charge on any atom is 0.325 e. The first-order valence-electron chi connectivity index (χ1n) is 8.83. The first-order valence-corrected chi connectivity index (χ1v) is 8.83. The second-order valence-corrected chi connectivity index (χ2v) is 6.50. The molecule has 28 heavy (non-hydrogen) atoms. The highest BCUT2D eigenvalue weighted by Gasteiger charge is 2.24. The van der Waals surface area contributed by atoms with Crippen molar-refractivity contribution in [3.05, 3.63) is 65.2 Å². The third-order valence-corrected chi connectivity index (χ3v) is 4.48. The third kappa shape index (κ3) is 4.62. The predicted molar refractivity (Wildman–Crippen MR) is 102 cm³/mol. The van der Waals surface area contributed by atoms with Crippen LogP contribution in [0, 0.1) is 0 Å². The number of ketones is 1. The van der Waals surface area contributed by atoms with Gasteiger partial charge >= 0.3 is 5.97 Å². The van der Waals surface area contributed by atoms with E-state index in [2.05, 4.69) is 5.32 Å². The Balaban J connectivity index is 1.44. The van der Waals surface area contributed by atoms with Crippen molar-refractivity contribution in [2.45, 2.75) is 12.8 Å². The number of hydrogen-bond donors (Lipinski definition) is 1. The Morgan fingerprint density at radius 1 is 1.11 bits per heavy atom. The van der Waals surface area contributed by atoms with E-state index in [0.29, 0.717) is 5.56 Å². The molecule has 0 fully saturated rings. The number of ether oxygens (including phenoxy) is 1. The van der Waals surface area contributed by atoms with Gasteiger partial charge < -0.3 is 15.0 Å². The van der Waals surface area contributed by atoms with Gasteiger partial charge in [0.15, 0.2) is 12.4 Å². The Hall–Kier alpha value is -3.48. The summed E-state index contributed by atoms with van der Waals surface area (Å²) in [6.07, 6.45) is 0.412. The van der Waals surface area contributed by atoms with Crippen molar-refractivity contribution in [3.8, 4) is 0 Å². The highest BCUT2D eigenvalue weighted by molar-refractivity contribution is 6.04. The topological polar surface area (TPSA) is 92.8 Å². The summed E-state index contributed by atoms with van der Waals surface area (Å²) in [6.45, 7) is -0.724. The zero-order valence-corrected chi connectivity index (χ0v) is 15.4. The van der Waals surface area contributed by atoms with Gasteiger partial charge in [-0.3, -0.25) is 19.2 Å². The number of amides is 2. The van der Waals surface area contributed by atoms with Crippen LogP contribution in [-0.4, -0.2) is 43.8 Å². The number of nitrogens with one attached hydrogen (secondary N) is 1. The van der Waals surface area contributed by atoms with Crippen molar-refractivity contribution in [3.63, 3.8) is 0 Å². The maximum absolute atomic E-state index is 12.2. The van der Waals surface area contributed by atoms with Crippen LogP contribution in [0.3, 0.4) is 0 Å². The Labute approximate surface area is 162 Å². The van der Waals surface area contributed by atoms with E-state index in [1.54, 1.807) is 30.1 Å². The van der Waals surface area contributed by atoms with Crippen LogP contribution in [0.4, 0.5) is 5.69 Å². The number of carbonyl (C=O) groups excluding carboxylic acids is 4. The van der Waals surface area contributed by atoms with E-state index < -0.39 is 12.6 Å². The molecule has 0 saturated heterocycles. The summed E-state index contributed by atoms with van der Waals surface area (Å²) >= 11 is 0. The summed E-state index contributed by atoms with van der Waals surface area (Å²) in [6, 6.07) is 14.1. The second-order valence-electron chi connectivity index (χ2n) is 6.50. The van der Waals surface area contributed by atoms with Gasteiger partial charge in [0.05, 0.1) is 12.8 Å². The molecule has 2 aromatic rings. The molecule has 3 rings (SSSR count). The average Bonchev–Trinajstić information content (AvgIpc) is 2.98. The molecular formula is C21H20N2O5. The molecule has 0 unspecified atom stereocenters. The summed E-state index contributed by atoms with van der Waals surface area (Å²) < 4.78 is 4.94. The van der Waals surface area contributed by atoms with E-state index in [4.69, 9.17) is 4.74 Å². The SMILES string of the molecule is CN1C(=O)Cc2cc(C(=O)COC(=O)CNC(=O)Cc3ccccc3)ccc21. The zero-order valence-electron chi connectivity index (χ0n) is 15.4. The molecule has 7 heteroatoms. The van der Waals surface area contributed by atoms with Gasteiger partial charge in [-0.05, 0) is 29.3 Å². The molecule has 0 atom stereocenters. The first kappa shape index (κ1) is 19.3. The molecule has 0 aliphatic carbocycles. The molecule has 0 bridgehead atoms. The van der Waals surface area contributed by atoms with Gasteiger partial charge in [0.1, 0.15) is 6.54 Å². The van der Waals surface area contributed by atoms with Gasteiger partial charge in [0.2, 0.25) is 11.8 Å². The Bertz CT molecular complexity index is 924. The van der Waals surface area contributed by atoms with Crippen molar-refractivity contribution in [2.24, 2.45) is 0 Å². The monoisotopic (exact) mass is 380 g/mol.